The van der Waals surface area contributed by atoms with Crippen LogP contribution in [0.5, 0.6) is 51.7 Å². The molecule has 1 amide bonds. The summed E-state index contributed by atoms with van der Waals surface area (Å²) in [5, 5.41) is 44.0. The predicted octanol–water partition coefficient (Wildman–Crippen LogP) is 22.0. The summed E-state index contributed by atoms with van der Waals surface area (Å²) in [4.78, 5) is 39.5. The molecule has 0 saturated carbocycles. The van der Waals surface area contributed by atoms with Crippen molar-refractivity contribution in [3.63, 3.8) is 0 Å². The van der Waals surface area contributed by atoms with E-state index >= 15 is 0 Å². The van der Waals surface area contributed by atoms with E-state index in [1.54, 1.807) is 188 Å². The zero-order valence-corrected chi connectivity index (χ0v) is 79.6. The normalized spacial score (nSPS) is 10.7. The number of carbonyl (C=O) groups excluding carboxylic acids is 2. The van der Waals surface area contributed by atoms with Gasteiger partial charge in [-0.1, -0.05) is 164 Å². The maximum atomic E-state index is 13.7. The van der Waals surface area contributed by atoms with Crippen LogP contribution >= 0.6 is 35.7 Å². The van der Waals surface area contributed by atoms with Crippen LogP contribution in [-0.2, 0) is 52.4 Å². The first-order valence-corrected chi connectivity index (χ1v) is 45.4. The summed E-state index contributed by atoms with van der Waals surface area (Å²) >= 11 is 7.78. The van der Waals surface area contributed by atoms with Crippen LogP contribution in [0.4, 0.5) is 26.7 Å². The quantitative estimate of drug-likeness (QED) is 0.0139. The summed E-state index contributed by atoms with van der Waals surface area (Å²) in [5.74, 6) is 3.31. The van der Waals surface area contributed by atoms with Crippen LogP contribution in [0.15, 0.2) is 370 Å². The van der Waals surface area contributed by atoms with E-state index in [-0.39, 0.29) is 137 Å². The van der Waals surface area contributed by atoms with E-state index in [1.807, 2.05) is 148 Å². The van der Waals surface area contributed by atoms with Crippen LogP contribution in [0.25, 0.3) is 64.6 Å². The fourth-order valence-electron chi connectivity index (χ4n) is 13.2. The molecule has 0 fully saturated rings. The topological polar surface area (TPSA) is 249 Å². The third-order valence-corrected chi connectivity index (χ3v) is 24.6. The van der Waals surface area contributed by atoms with Crippen molar-refractivity contribution >= 4 is 127 Å². The monoisotopic (exact) mass is 1920 g/mol. The van der Waals surface area contributed by atoms with Crippen molar-refractivity contribution in [3.8, 4) is 51.7 Å². The second-order valence-corrected chi connectivity index (χ2v) is 34.8. The van der Waals surface area contributed by atoms with Crippen LogP contribution in [0.1, 0.15) is 29.2 Å². The number of nitrogens with zero attached hydrogens (tertiary/aromatic N) is 2. The maximum Gasteiger partial charge on any atom is 1.00 e. The minimum atomic E-state index is -3.93. The molecule has 5 N–H and O–H groups in total. The van der Waals surface area contributed by atoms with Gasteiger partial charge in [-0.25, -0.2) is 30.4 Å². The molecular weight excluding hydrogens is 1830 g/mol. The van der Waals surface area contributed by atoms with E-state index in [4.69, 9.17) is 50.9 Å². The summed E-state index contributed by atoms with van der Waals surface area (Å²) in [6, 6.07) is 97.8. The third kappa shape index (κ3) is 28.6. The number of ether oxygens (including phenoxy) is 7. The van der Waals surface area contributed by atoms with Crippen LogP contribution < -0.4 is 63.5 Å². The first-order valence-electron chi connectivity index (χ1n) is 41.7. The summed E-state index contributed by atoms with van der Waals surface area (Å²) in [5.41, 5.74) is 1.85. The number of benzene rings is 17. The average molecular weight is 1920 g/mol. The van der Waals surface area contributed by atoms with Gasteiger partial charge in [0.25, 0.3) is 16.0 Å². The number of halogens is 5. The number of hydrogen-bond donors (Lipinski definition) is 5. The van der Waals surface area contributed by atoms with Gasteiger partial charge in [-0.2, -0.15) is 0 Å². The molecule has 0 unspecified atom stereocenters. The molecule has 17 aromatic carbocycles. The number of esters is 1. The number of thioether (sulfide) groups is 2. The number of phenolic OH excluding ortho intramolecular Hbond substituents is 3. The molecule has 0 aliphatic heterocycles. The molecule has 18 rings (SSSR count). The molecule has 29 heteroatoms. The first-order chi connectivity index (χ1) is 65.1. The van der Waals surface area contributed by atoms with Gasteiger partial charge in [-0.3, -0.25) is 19.5 Å². The third-order valence-electron chi connectivity index (χ3n) is 20.4. The predicted molar refractivity (Wildman–Crippen MR) is 525 cm³/mol. The Balaban J connectivity index is 0.000000159. The molecular formula is C107H90F5N4NaO15S4. The molecule has 136 heavy (non-hydrogen) atoms. The van der Waals surface area contributed by atoms with Crippen LogP contribution in [0, 0.1) is 29.1 Å². The van der Waals surface area contributed by atoms with Crippen molar-refractivity contribution in [2.24, 2.45) is 0 Å². The van der Waals surface area contributed by atoms with E-state index in [2.05, 4.69) is 14.9 Å². The number of H-pyrrole nitrogens is 2. The van der Waals surface area contributed by atoms with Crippen molar-refractivity contribution in [1.82, 2.24) is 20.0 Å². The average Bonchev–Trinajstić information content (AvgIpc) is 1.64. The van der Waals surface area contributed by atoms with Gasteiger partial charge in [-0.15, -0.1) is 11.8 Å². The SMILES string of the molecule is CN(C)C(=O)Sc1ccc2cc(OCc3ccccc3F)ccc2c1.CN(C)C(=S)Oc1ccc2cc(OCc3ccccc3F)ccc2c1.COC(=O)CSc1ccc2cc(OCc3ccccc3F)ccc2c1.O=c1[nH][nH]cc1S(=O)(=O)c1ccc2cc(OCc3ccccc3F)ccc2c1.Oc1ccc2cc(O)ccc2c1.Oc1ccc2cc(OCc3ccccc3F)ccc2c1.[H-].[Na+]. The van der Waals surface area contributed by atoms with Gasteiger partial charge in [0.15, 0.2) is 4.90 Å². The van der Waals surface area contributed by atoms with Crippen molar-refractivity contribution in [2.75, 3.05) is 41.1 Å². The van der Waals surface area contributed by atoms with Crippen molar-refractivity contribution < 1.29 is 119 Å². The van der Waals surface area contributed by atoms with Gasteiger partial charge < -0.3 is 64.8 Å². The number of rotatable bonds is 22. The molecule has 0 atom stereocenters. The van der Waals surface area contributed by atoms with E-state index in [9.17, 15) is 49.9 Å². The zero-order valence-electron chi connectivity index (χ0n) is 75.3. The van der Waals surface area contributed by atoms with Gasteiger partial charge >= 0.3 is 35.5 Å². The fraction of sp³-hybridized carbons (Fsp3) is 0.103. The number of methoxy groups -OCH3 is 1. The number of fused-ring (bicyclic) bond motifs is 6. The fourth-order valence-corrected chi connectivity index (χ4v) is 16.0. The van der Waals surface area contributed by atoms with Gasteiger partial charge in [0, 0.05) is 72.0 Å². The molecule has 1 aromatic heterocycles. The number of carbonyl (C=O) groups is 2. The number of phenols is 3. The number of sulfone groups is 1. The first kappa shape index (κ1) is 101. The molecule has 0 aliphatic carbocycles. The Labute approximate surface area is 818 Å². The smallest absolute Gasteiger partial charge is 1.00 e. The molecule has 0 spiro atoms. The van der Waals surface area contributed by atoms with Gasteiger partial charge in [0.2, 0.25) is 9.84 Å². The Morgan fingerprint density at radius 3 is 0.985 bits per heavy atom. The molecule has 19 nitrogen and oxygen atoms in total. The van der Waals surface area contributed by atoms with E-state index in [1.165, 1.54) is 73.1 Å². The number of hydrogen-bond acceptors (Lipinski definition) is 18. The molecule has 0 bridgehead atoms. The van der Waals surface area contributed by atoms with Crippen LogP contribution in [-0.4, -0.2) is 101 Å². The molecule has 0 saturated heterocycles. The van der Waals surface area contributed by atoms with E-state index < -0.39 is 15.4 Å². The Morgan fingerprint density at radius 2 is 0.662 bits per heavy atom. The Bertz CT molecular complexity index is 7260. The largest absolute Gasteiger partial charge is 1.00 e. The van der Waals surface area contributed by atoms with Crippen LogP contribution in [0.3, 0.4) is 0 Å². The molecule has 0 radical (unpaired) electrons. The summed E-state index contributed by atoms with van der Waals surface area (Å²) in [7, 11) is 4.59. The number of aromatic amines is 2. The Morgan fingerprint density at radius 1 is 0.375 bits per heavy atom. The maximum absolute atomic E-state index is 13.7. The summed E-state index contributed by atoms with van der Waals surface area (Å²) < 4.78 is 132. The Kier molecular flexibility index (Phi) is 35.9. The molecule has 18 aromatic rings. The van der Waals surface area contributed by atoms with Gasteiger partial charge in [0.05, 0.1) is 17.8 Å². The summed E-state index contributed by atoms with van der Waals surface area (Å²) in [6.45, 7) is 0.836. The Hall–Kier alpha value is -14.4. The summed E-state index contributed by atoms with van der Waals surface area (Å²) in [6.07, 6.45) is 1.13. The number of amides is 1. The molecule has 0 aliphatic rings. The number of aromatic nitrogens is 2. The van der Waals surface area contributed by atoms with Crippen LogP contribution in [0.2, 0.25) is 0 Å². The minimum Gasteiger partial charge on any atom is -1.00 e. The van der Waals surface area contributed by atoms with Gasteiger partial charge in [0.1, 0.15) is 114 Å². The van der Waals surface area contributed by atoms with Crippen molar-refractivity contribution in [2.45, 2.75) is 52.6 Å². The van der Waals surface area contributed by atoms with Crippen molar-refractivity contribution in [3.05, 3.63) is 413 Å². The second kappa shape index (κ2) is 48.5. The van der Waals surface area contributed by atoms with Gasteiger partial charge in [-0.05, 0) is 265 Å². The molecule has 688 valence electrons. The number of aromatic hydroxyl groups is 3. The van der Waals surface area contributed by atoms with E-state index in [0.29, 0.717) is 72.9 Å². The second-order valence-electron chi connectivity index (χ2n) is 30.5. The van der Waals surface area contributed by atoms with Crippen molar-refractivity contribution in [1.29, 1.82) is 0 Å². The zero-order chi connectivity index (χ0) is 95.5. The standard InChI is InChI=1S/C20H15FN2O4S.2C20H18FNO2S.C20H17FO3S.C17H13FO2.C10H8O2.Na.H/c21-18-4-2-1-3-15(18)12-27-16-7-5-14-10-17(8-6-13(14)9-16)28(25,26)19-11-22-23-20(19)24;1-22(2)20(23)25-18-10-8-14-11-17(9-7-15(14)12-18)24-13-16-5-3-4-6-19(16)21;1-22(2)20(25)24-18-10-8-14-11-17(9-7-15(14)12-18)23-13-16-5-3-4-6-19(16)21;1-23-20(22)13-25-18-9-7-14-10-17(8-6-15(14)11-18)24-12-16-4-2-3-5-19(16)21;18-17-4-2-1-3-14(17)11-20-16-8-6-12-9-15(19)7-5-13(12)10-16;11-9-3-1-7-5-10(12)4-2-8(7)6-9;;/h1-11H,12H2,(H2,22,23,24);2*3-12H,13H2,1-2H3;2-11H,12-13H2,1H3;1-10,19H,11H2;1-6,11-12H;;/q;;;;;;+1;-1. The number of nitrogens with one attached hydrogen (secondary N) is 2. The van der Waals surface area contributed by atoms with E-state index in [0.717, 1.165) is 75.2 Å². The number of thiocarbonyl (C=S) groups is 1. The molecule has 1 heterocycles. The minimum absolute atomic E-state index is 0.